The van der Waals surface area contributed by atoms with Crippen molar-refractivity contribution in [3.63, 3.8) is 0 Å². The summed E-state index contributed by atoms with van der Waals surface area (Å²) < 4.78 is 3.68. The van der Waals surface area contributed by atoms with Crippen LogP contribution in [-0.2, 0) is 62.1 Å². The minimum atomic E-state index is -0.611. The van der Waals surface area contributed by atoms with Crippen molar-refractivity contribution in [2.24, 2.45) is 12.5 Å². The molecule has 368 valence electrons. The number of hydrogen-bond donors (Lipinski definition) is 3. The molecule has 0 saturated carbocycles. The number of amides is 4. The van der Waals surface area contributed by atoms with E-state index < -0.39 is 6.04 Å². The summed E-state index contributed by atoms with van der Waals surface area (Å²) in [7, 11) is 1.70. The van der Waals surface area contributed by atoms with E-state index in [9.17, 15) is 29.1 Å². The highest BCUT2D eigenvalue weighted by Crippen LogP contribution is 2.41. The lowest BCUT2D eigenvalue weighted by Gasteiger charge is -2.49. The molecule has 1 aliphatic carbocycles. The van der Waals surface area contributed by atoms with Crippen molar-refractivity contribution in [3.05, 3.63) is 116 Å². The van der Waals surface area contributed by atoms with Crippen molar-refractivity contribution in [2.45, 2.75) is 116 Å². The molecule has 4 amide bonds. The molecule has 0 spiro atoms. The van der Waals surface area contributed by atoms with Crippen LogP contribution in [0.1, 0.15) is 101 Å². The van der Waals surface area contributed by atoms with Gasteiger partial charge in [-0.05, 0) is 115 Å². The number of aliphatic hydroxyl groups excluding tert-OH is 1. The molecule has 3 N–H and O–H groups in total. The smallest absolute Gasteiger partial charge is 0.276 e. The van der Waals surface area contributed by atoms with Crippen molar-refractivity contribution < 1.29 is 24.3 Å². The Bertz CT molecular complexity index is 3110. The highest BCUT2D eigenvalue weighted by Gasteiger charge is 2.43. The van der Waals surface area contributed by atoms with Crippen LogP contribution in [0.25, 0.3) is 11.1 Å². The number of aliphatic hydroxyl groups is 1. The van der Waals surface area contributed by atoms with Crippen molar-refractivity contribution in [1.82, 2.24) is 39.1 Å². The van der Waals surface area contributed by atoms with Gasteiger partial charge in [-0.1, -0.05) is 19.9 Å². The summed E-state index contributed by atoms with van der Waals surface area (Å²) in [6.07, 6.45) is 10.8. The summed E-state index contributed by atoms with van der Waals surface area (Å²) in [5.41, 5.74) is 10.5. The Morgan fingerprint density at radius 2 is 1.68 bits per heavy atom. The fourth-order valence-corrected chi connectivity index (χ4v) is 13.0. The van der Waals surface area contributed by atoms with E-state index >= 15 is 0 Å². The zero-order valence-corrected chi connectivity index (χ0v) is 40.9. The molecule has 17 nitrogen and oxygen atoms in total. The highest BCUT2D eigenvalue weighted by molar-refractivity contribution is 6.07. The number of pyridine rings is 3. The molecule has 3 fully saturated rings. The lowest BCUT2D eigenvalue weighted by atomic mass is 9.84. The first-order valence-corrected chi connectivity index (χ1v) is 25.3. The Labute approximate surface area is 412 Å². The second kappa shape index (κ2) is 17.3. The zero-order valence-electron chi connectivity index (χ0n) is 40.9. The van der Waals surface area contributed by atoms with Gasteiger partial charge in [-0.3, -0.25) is 44.0 Å². The minimum absolute atomic E-state index is 0.115. The average molecular weight is 960 g/mol. The molecular formula is C54H61N11O6. The fourth-order valence-electron chi connectivity index (χ4n) is 13.0. The number of piperazine rings is 1. The third-order valence-electron chi connectivity index (χ3n) is 16.6. The monoisotopic (exact) mass is 959 g/mol. The Hall–Kier alpha value is -6.69. The molecule has 0 bridgehead atoms. The lowest BCUT2D eigenvalue weighted by Crippen LogP contribution is -2.58. The number of imide groups is 1. The molecular weight excluding hydrogens is 899 g/mol. The summed E-state index contributed by atoms with van der Waals surface area (Å²) in [6, 6.07) is 14.4. The van der Waals surface area contributed by atoms with E-state index in [0.29, 0.717) is 83.4 Å². The van der Waals surface area contributed by atoms with Gasteiger partial charge in [-0.25, -0.2) is 9.97 Å². The fraction of sp³-hybridized carbons (Fsp3) is 0.463. The largest absolute Gasteiger partial charge is 0.392 e. The molecule has 3 saturated heterocycles. The number of piperidine rings is 2. The maximum atomic E-state index is 14.0. The van der Waals surface area contributed by atoms with Crippen LogP contribution >= 0.6 is 0 Å². The second-order valence-electron chi connectivity index (χ2n) is 21.8. The summed E-state index contributed by atoms with van der Waals surface area (Å²) in [6.45, 7) is 12.6. The lowest BCUT2D eigenvalue weighted by molar-refractivity contribution is -0.136. The van der Waals surface area contributed by atoms with Gasteiger partial charge in [0.1, 0.15) is 29.1 Å². The van der Waals surface area contributed by atoms with Crippen LogP contribution in [0.3, 0.4) is 0 Å². The van der Waals surface area contributed by atoms with E-state index in [2.05, 4.69) is 73.9 Å². The first-order chi connectivity index (χ1) is 34.2. The normalized spacial score (nSPS) is 24.1. The van der Waals surface area contributed by atoms with Crippen LogP contribution < -0.4 is 26.0 Å². The van der Waals surface area contributed by atoms with E-state index in [4.69, 9.17) is 4.98 Å². The molecule has 17 heteroatoms. The van der Waals surface area contributed by atoms with Crippen LogP contribution in [0.2, 0.25) is 0 Å². The molecule has 7 aliphatic rings. The molecule has 5 aromatic rings. The first kappa shape index (κ1) is 45.4. The van der Waals surface area contributed by atoms with E-state index in [1.54, 1.807) is 35.3 Å². The minimum Gasteiger partial charge on any atom is -0.392 e. The van der Waals surface area contributed by atoms with Crippen LogP contribution in [0.5, 0.6) is 0 Å². The number of aryl methyl sites for hydroxylation is 1. The van der Waals surface area contributed by atoms with Gasteiger partial charge >= 0.3 is 0 Å². The van der Waals surface area contributed by atoms with Crippen molar-refractivity contribution in [3.8, 4) is 11.1 Å². The number of nitrogens with zero attached hydrogens (tertiary/aromatic N) is 9. The van der Waals surface area contributed by atoms with Gasteiger partial charge in [-0.2, -0.15) is 0 Å². The maximum Gasteiger partial charge on any atom is 0.276 e. The standard InChI is InChI=1S/C54H61N11O6/c1-31-26-61(37-10-12-60-28-34-17-35-29-65(44-6-8-48(67)58-50(44)68)51(69)41(35)19-32(34)18-39(60)22-37)13-14-62(31)38-5-7-47(56-25-38)57-43-20-36(27-59(4)52(43)70)40-9-11-55-49(42(40)30-66)64-16-15-63-45(53(64)71)21-33-23-54(2,3)24-46(33)63/h5,7,9,11,17,19-21,25,27,31,37,39,44,66H,6,8,10,12-16,18,22-24,26,28-30H2,1-4H3,(H,56,57)(H,58,67,68)/t31-,37-,39-,44?/m0/s1. The Morgan fingerprint density at radius 1 is 0.817 bits per heavy atom. The number of benzene rings is 1. The number of rotatable bonds is 8. The van der Waals surface area contributed by atoms with Gasteiger partial charge in [0.2, 0.25) is 11.8 Å². The SMILES string of the molecule is C[C@H]1CN([C@H]2CCN3Cc4cc5c(cc4C[C@H]3C2)C(=O)N(C2CCC(=O)NC2=O)C5)CCN1c1ccc(Nc2cc(-c3ccnc(N4CCn5c(cc6c5CC(C)(C)C6)C4=O)c3CO)cn(C)c2=O)nc1. The van der Waals surface area contributed by atoms with Crippen LogP contribution in [0.4, 0.5) is 23.0 Å². The van der Waals surface area contributed by atoms with E-state index in [1.807, 2.05) is 24.4 Å². The number of aromatic nitrogens is 4. The second-order valence-corrected chi connectivity index (χ2v) is 21.8. The zero-order chi connectivity index (χ0) is 49.0. The quantitative estimate of drug-likeness (QED) is 0.185. The summed E-state index contributed by atoms with van der Waals surface area (Å²) in [4.78, 5) is 86.0. The molecule has 1 unspecified atom stereocenters. The highest BCUT2D eigenvalue weighted by atomic mass is 16.3. The van der Waals surface area contributed by atoms with Crippen molar-refractivity contribution in [2.75, 3.05) is 47.8 Å². The Morgan fingerprint density at radius 3 is 2.46 bits per heavy atom. The predicted octanol–water partition coefficient (Wildman–Crippen LogP) is 4.53. The van der Waals surface area contributed by atoms with E-state index in [-0.39, 0.29) is 53.7 Å². The van der Waals surface area contributed by atoms with Gasteiger partial charge in [-0.15, -0.1) is 0 Å². The molecule has 4 aromatic heterocycles. The maximum absolute atomic E-state index is 14.0. The predicted molar refractivity (Wildman–Crippen MR) is 267 cm³/mol. The molecule has 1 aromatic carbocycles. The topological polar surface area (TPSA) is 181 Å². The Balaban J connectivity index is 0.690. The van der Waals surface area contributed by atoms with Crippen LogP contribution in [0, 0.1) is 5.41 Å². The molecule has 4 atom stereocenters. The van der Waals surface area contributed by atoms with Crippen LogP contribution in [0.15, 0.2) is 65.8 Å². The molecule has 6 aliphatic heterocycles. The number of carbonyl (C=O) groups is 4. The van der Waals surface area contributed by atoms with Crippen LogP contribution in [-0.4, -0.2) is 119 Å². The summed E-state index contributed by atoms with van der Waals surface area (Å²) in [5.74, 6) is 0.0538. The Kier molecular flexibility index (Phi) is 11.1. The van der Waals surface area contributed by atoms with E-state index in [1.165, 1.54) is 27.0 Å². The molecule has 71 heavy (non-hydrogen) atoms. The van der Waals surface area contributed by atoms with Gasteiger partial charge in [0, 0.05) is 119 Å². The van der Waals surface area contributed by atoms with Gasteiger partial charge in [0.25, 0.3) is 17.4 Å². The average Bonchev–Trinajstić information content (AvgIpc) is 3.97. The number of carbonyl (C=O) groups excluding carboxylic acids is 4. The summed E-state index contributed by atoms with van der Waals surface area (Å²) >= 11 is 0. The van der Waals surface area contributed by atoms with E-state index in [0.717, 1.165) is 76.1 Å². The number of anilines is 4. The van der Waals surface area contributed by atoms with Crippen molar-refractivity contribution in [1.29, 1.82) is 0 Å². The third kappa shape index (κ3) is 7.92. The molecule has 10 heterocycles. The third-order valence-corrected chi connectivity index (χ3v) is 16.6. The summed E-state index contributed by atoms with van der Waals surface area (Å²) in [5, 5.41) is 16.5. The number of fused-ring (bicyclic) bond motifs is 6. The number of hydrogen-bond acceptors (Lipinski definition) is 12. The van der Waals surface area contributed by atoms with Crippen molar-refractivity contribution >= 4 is 46.6 Å². The van der Waals surface area contributed by atoms with Gasteiger partial charge in [0.05, 0.1) is 18.5 Å². The number of nitrogens with one attached hydrogen (secondary N) is 2. The molecule has 0 radical (unpaired) electrons. The molecule has 12 rings (SSSR count). The van der Waals surface area contributed by atoms with Gasteiger partial charge in [0.15, 0.2) is 0 Å². The van der Waals surface area contributed by atoms with Gasteiger partial charge < -0.3 is 29.4 Å². The first-order valence-electron chi connectivity index (χ1n) is 25.3.